The zero-order valence-corrected chi connectivity index (χ0v) is 52.3. The molecule has 0 radical (unpaired) electrons. The van der Waals surface area contributed by atoms with Crippen molar-refractivity contribution in [2.24, 2.45) is 0 Å². The minimum atomic E-state index is -4.83. The van der Waals surface area contributed by atoms with Gasteiger partial charge in [0.1, 0.15) is 11.6 Å². The number of hydrogen-bond donors (Lipinski definition) is 0. The number of alkyl halides is 6. The molecule has 0 bridgehead atoms. The molecule has 99 heavy (non-hydrogen) atoms. The van der Waals surface area contributed by atoms with E-state index in [4.69, 9.17) is 0 Å². The van der Waals surface area contributed by atoms with Crippen LogP contribution in [-0.2, 0) is 12.4 Å². The van der Waals surface area contributed by atoms with Gasteiger partial charge in [-0.3, -0.25) is 0 Å². The SMILES string of the molecule is N#Cc1c(-n2c3ccccc3c3ccc(C(F)(F)F)cc32)c(-c2cccc3c4ccccc4n(-c4ccccc4)c23)c(-c2cccc3c4ccccc4n(-c4ccccc4)c23)c(-c2cccc3c4ccccc4n(-c4ccccc4)c23)c1-n1c2ccccc2c2ccc(C(F)(F)F)cc21. The molecule has 19 aromatic rings. The van der Waals surface area contributed by atoms with Crippen LogP contribution < -0.4 is 0 Å². The van der Waals surface area contributed by atoms with E-state index in [9.17, 15) is 5.26 Å². The van der Waals surface area contributed by atoms with Gasteiger partial charge in [-0.05, 0) is 91.0 Å². The number of halogens is 6. The second-order valence-electron chi connectivity index (χ2n) is 25.1. The molecule has 0 amide bonds. The average Bonchev–Trinajstić information content (AvgIpc) is 1.66. The molecule has 6 nitrogen and oxygen atoms in total. The first-order valence-corrected chi connectivity index (χ1v) is 32.5. The Bertz CT molecular complexity index is 6320. The Kier molecular flexibility index (Phi) is 12.6. The maximum atomic E-state index is 15.9. The minimum Gasteiger partial charge on any atom is -0.309 e. The number of nitrogens with zero attached hydrogens (tertiary/aromatic N) is 6. The summed E-state index contributed by atoms with van der Waals surface area (Å²) in [7, 11) is 0. The van der Waals surface area contributed by atoms with Crippen molar-refractivity contribution in [1.29, 1.82) is 5.26 Å². The van der Waals surface area contributed by atoms with Gasteiger partial charge >= 0.3 is 12.4 Å². The smallest absolute Gasteiger partial charge is 0.309 e. The van der Waals surface area contributed by atoms with E-state index >= 15 is 26.3 Å². The molecule has 0 spiro atoms. The lowest BCUT2D eigenvalue weighted by molar-refractivity contribution is -0.138. The summed E-state index contributed by atoms with van der Waals surface area (Å²) in [6.45, 7) is 0. The Hall–Kier alpha value is -12.9. The van der Waals surface area contributed by atoms with Crippen molar-refractivity contribution in [3.8, 4) is 67.9 Å². The molecule has 0 saturated heterocycles. The van der Waals surface area contributed by atoms with E-state index in [0.717, 1.165) is 107 Å². The third-order valence-corrected chi connectivity index (χ3v) is 19.9. The predicted molar refractivity (Wildman–Crippen MR) is 389 cm³/mol. The molecule has 14 aromatic carbocycles. The summed E-state index contributed by atoms with van der Waals surface area (Å²) in [5.74, 6) is 0. The number of rotatable bonds is 8. The fourth-order valence-corrected chi connectivity index (χ4v) is 16.0. The highest BCUT2D eigenvalue weighted by Gasteiger charge is 2.39. The Labute approximate surface area is 560 Å². The molecule has 5 aromatic heterocycles. The Balaban J connectivity index is 1.19. The van der Waals surface area contributed by atoms with Crippen LogP contribution in [0.25, 0.3) is 171 Å². The number of aromatic nitrogens is 5. The van der Waals surface area contributed by atoms with E-state index < -0.39 is 23.5 Å². The quantitative estimate of drug-likeness (QED) is 0.140. The second kappa shape index (κ2) is 21.6. The Morgan fingerprint density at radius 3 is 0.818 bits per heavy atom. The van der Waals surface area contributed by atoms with Crippen molar-refractivity contribution in [3.63, 3.8) is 0 Å². The van der Waals surface area contributed by atoms with Gasteiger partial charge in [-0.2, -0.15) is 31.6 Å². The summed E-state index contributed by atoms with van der Waals surface area (Å²) in [6, 6.07) is 98.4. The number of nitriles is 1. The van der Waals surface area contributed by atoms with E-state index in [1.165, 1.54) is 12.1 Å². The standard InChI is InChI=1S/C87H50F6N6/c88-86(89,90)52-45-47-62-57-29-10-18-43-74(57)98(76(62)49-52)84-70(51-94)85(99-75-44-19-11-30-58(75)63-48-46-53(50-77(63)99)87(91,92)93)80(69-39-22-36-66-61-33-14-17-42-73(61)97(83(66)69)56-27-8-3-9-28-56)78(67-37-20-34-64-59-31-12-15-40-71(59)95(81(64)67)54-23-4-1-5-24-54)79(84)68-38-21-35-65-60-32-13-16-41-72(60)96(82(65)68)55-25-6-2-7-26-55/h1-50H. The number of para-hydroxylation sites is 11. The van der Waals surface area contributed by atoms with Crippen LogP contribution in [0.5, 0.6) is 0 Å². The van der Waals surface area contributed by atoms with Crippen LogP contribution in [0.1, 0.15) is 16.7 Å². The van der Waals surface area contributed by atoms with Crippen molar-refractivity contribution in [2.45, 2.75) is 12.4 Å². The molecule has 0 N–H and O–H groups in total. The number of benzene rings is 14. The monoisotopic (exact) mass is 1290 g/mol. The van der Waals surface area contributed by atoms with Gasteiger partial charge in [-0.25, -0.2) is 0 Å². The van der Waals surface area contributed by atoms with Crippen molar-refractivity contribution >= 4 is 109 Å². The van der Waals surface area contributed by atoms with Gasteiger partial charge in [-0.1, -0.05) is 212 Å². The van der Waals surface area contributed by atoms with E-state index in [0.29, 0.717) is 66.0 Å². The van der Waals surface area contributed by atoms with Crippen LogP contribution in [0.3, 0.4) is 0 Å². The van der Waals surface area contributed by atoms with Crippen molar-refractivity contribution in [3.05, 3.63) is 320 Å². The van der Waals surface area contributed by atoms with E-state index in [-0.39, 0.29) is 28.0 Å². The van der Waals surface area contributed by atoms with Crippen LogP contribution in [-0.4, -0.2) is 22.8 Å². The largest absolute Gasteiger partial charge is 0.416 e. The van der Waals surface area contributed by atoms with Crippen LogP contribution in [0, 0.1) is 11.3 Å². The highest BCUT2D eigenvalue weighted by atomic mass is 19.4. The van der Waals surface area contributed by atoms with E-state index in [1.54, 1.807) is 0 Å². The average molecular weight is 1290 g/mol. The summed E-state index contributed by atoms with van der Waals surface area (Å²) in [6.07, 6.45) is -9.65. The van der Waals surface area contributed by atoms with Gasteiger partial charge in [-0.15, -0.1) is 0 Å². The highest BCUT2D eigenvalue weighted by Crippen LogP contribution is 2.57. The summed E-state index contributed by atoms with van der Waals surface area (Å²) in [5.41, 5.74) is 10.4. The third kappa shape index (κ3) is 8.44. The van der Waals surface area contributed by atoms with Gasteiger partial charge in [0.2, 0.25) is 0 Å². The summed E-state index contributed by atoms with van der Waals surface area (Å²) < 4.78 is 106. The van der Waals surface area contributed by atoms with Crippen molar-refractivity contribution < 1.29 is 26.3 Å². The molecule has 0 unspecified atom stereocenters. The summed E-state index contributed by atoms with van der Waals surface area (Å²) in [4.78, 5) is 0. The predicted octanol–water partition coefficient (Wildman–Crippen LogP) is 24.1. The zero-order chi connectivity index (χ0) is 66.6. The molecule has 19 rings (SSSR count). The Morgan fingerprint density at radius 2 is 0.505 bits per heavy atom. The first-order valence-electron chi connectivity index (χ1n) is 32.5. The first kappa shape index (κ1) is 57.6. The highest BCUT2D eigenvalue weighted by molar-refractivity contribution is 6.25. The fraction of sp³-hybridized carbons (Fsp3) is 0.0230. The molecule has 0 aliphatic carbocycles. The number of fused-ring (bicyclic) bond motifs is 15. The zero-order valence-electron chi connectivity index (χ0n) is 52.3. The topological polar surface area (TPSA) is 48.4 Å². The first-order chi connectivity index (χ1) is 48.4. The lowest BCUT2D eigenvalue weighted by Gasteiger charge is -2.29. The lowest BCUT2D eigenvalue weighted by Crippen LogP contribution is -2.13. The van der Waals surface area contributed by atoms with Crippen LogP contribution in [0.2, 0.25) is 0 Å². The molecule has 0 aliphatic heterocycles. The maximum absolute atomic E-state index is 15.9. The maximum Gasteiger partial charge on any atom is 0.416 e. The van der Waals surface area contributed by atoms with Crippen molar-refractivity contribution in [2.75, 3.05) is 0 Å². The van der Waals surface area contributed by atoms with Crippen LogP contribution in [0.15, 0.2) is 303 Å². The van der Waals surface area contributed by atoms with E-state index in [1.807, 2.05) is 203 Å². The molecule has 0 fully saturated rings. The van der Waals surface area contributed by atoms with Gasteiger partial charge in [0.25, 0.3) is 0 Å². The molecule has 12 heteroatoms. The number of hydrogen-bond acceptors (Lipinski definition) is 1. The molecule has 0 atom stereocenters. The van der Waals surface area contributed by atoms with E-state index in [2.05, 4.69) is 92.6 Å². The summed E-state index contributed by atoms with van der Waals surface area (Å²) >= 11 is 0. The van der Waals surface area contributed by atoms with Gasteiger partial charge in [0.15, 0.2) is 0 Å². The van der Waals surface area contributed by atoms with Gasteiger partial charge in [0, 0.05) is 104 Å². The van der Waals surface area contributed by atoms with Gasteiger partial charge < -0.3 is 22.8 Å². The second-order valence-corrected chi connectivity index (χ2v) is 25.1. The van der Waals surface area contributed by atoms with Crippen molar-refractivity contribution in [1.82, 2.24) is 22.8 Å². The molecule has 0 aliphatic rings. The van der Waals surface area contributed by atoms with Crippen LogP contribution in [0.4, 0.5) is 26.3 Å². The normalized spacial score (nSPS) is 12.3. The molecular formula is C87H50F6N6. The fourth-order valence-electron chi connectivity index (χ4n) is 16.0. The van der Waals surface area contributed by atoms with Gasteiger partial charge in [0.05, 0.1) is 77.7 Å². The Morgan fingerprint density at radius 1 is 0.242 bits per heavy atom. The lowest BCUT2D eigenvalue weighted by atomic mass is 9.81. The molecule has 5 heterocycles. The third-order valence-electron chi connectivity index (χ3n) is 19.9. The summed E-state index contributed by atoms with van der Waals surface area (Å²) in [5, 5.41) is 20.9. The van der Waals surface area contributed by atoms with Crippen LogP contribution >= 0.6 is 0 Å². The minimum absolute atomic E-state index is 0.0293. The molecule has 0 saturated carbocycles. The molecular weight excluding hydrogens is 1240 g/mol. The molecule has 470 valence electrons.